The summed E-state index contributed by atoms with van der Waals surface area (Å²) >= 11 is 3.48. The molecular weight excluding hydrogens is 430 g/mol. The molecule has 2 fully saturated rings. The van der Waals surface area contributed by atoms with Crippen molar-refractivity contribution >= 4 is 33.5 Å². The zero-order valence-corrected chi connectivity index (χ0v) is 18.5. The van der Waals surface area contributed by atoms with Gasteiger partial charge in [0.2, 0.25) is 0 Å². The quantitative estimate of drug-likeness (QED) is 0.694. The number of anilines is 2. The fraction of sp³-hybridized carbons (Fsp3) is 0.500. The monoisotopic (exact) mass is 457 g/mol. The number of hydrogen-bond donors (Lipinski definition) is 0. The van der Waals surface area contributed by atoms with E-state index in [0.717, 1.165) is 47.7 Å². The Morgan fingerprint density at radius 3 is 2.41 bits per heavy atom. The summed E-state index contributed by atoms with van der Waals surface area (Å²) in [6, 6.07) is 12.4. The van der Waals surface area contributed by atoms with Gasteiger partial charge in [0.15, 0.2) is 11.6 Å². The van der Waals surface area contributed by atoms with E-state index in [4.69, 9.17) is 0 Å². The van der Waals surface area contributed by atoms with Crippen LogP contribution in [0.1, 0.15) is 43.0 Å². The van der Waals surface area contributed by atoms with E-state index in [1.54, 1.807) is 0 Å². The Labute approximate surface area is 181 Å². The van der Waals surface area contributed by atoms with Crippen molar-refractivity contribution in [2.45, 2.75) is 38.6 Å². The molecule has 4 rings (SSSR count). The number of carbonyl (C=O) groups excluding carboxylic acids is 1. The summed E-state index contributed by atoms with van der Waals surface area (Å²) in [5, 5.41) is 9.05. The number of benzene rings is 1. The van der Waals surface area contributed by atoms with Gasteiger partial charge in [0.05, 0.1) is 5.56 Å². The Kier molecular flexibility index (Phi) is 6.33. The molecule has 1 aromatic heterocycles. The number of piperazine rings is 1. The number of piperidine rings is 1. The Morgan fingerprint density at radius 2 is 1.72 bits per heavy atom. The van der Waals surface area contributed by atoms with Gasteiger partial charge in [-0.05, 0) is 65.9 Å². The zero-order chi connectivity index (χ0) is 20.2. The SMILES string of the molecule is CCC1CCCCN1c1ccc(N2CCN(C(=O)c3ccccc3Br)CC2)nn1. The predicted molar refractivity (Wildman–Crippen MR) is 120 cm³/mol. The number of amides is 1. The second-order valence-electron chi connectivity index (χ2n) is 7.76. The maximum Gasteiger partial charge on any atom is 0.255 e. The van der Waals surface area contributed by atoms with Gasteiger partial charge in [-0.3, -0.25) is 4.79 Å². The number of hydrogen-bond acceptors (Lipinski definition) is 5. The van der Waals surface area contributed by atoms with Crippen molar-refractivity contribution in [1.82, 2.24) is 15.1 Å². The molecule has 0 radical (unpaired) electrons. The van der Waals surface area contributed by atoms with Crippen LogP contribution in [-0.4, -0.2) is 59.8 Å². The second-order valence-corrected chi connectivity index (χ2v) is 8.61. The van der Waals surface area contributed by atoms with Crippen LogP contribution in [0.5, 0.6) is 0 Å². The van der Waals surface area contributed by atoms with Crippen LogP contribution < -0.4 is 9.80 Å². The normalized spacial score (nSPS) is 20.1. The topological polar surface area (TPSA) is 52.6 Å². The lowest BCUT2D eigenvalue weighted by Gasteiger charge is -2.37. The third-order valence-electron chi connectivity index (χ3n) is 6.02. The third-order valence-corrected chi connectivity index (χ3v) is 6.72. The standard InChI is InChI=1S/C22H28BrN5O/c1-2-17-7-5-6-12-28(17)21-11-10-20(24-25-21)26-13-15-27(16-14-26)22(29)18-8-3-4-9-19(18)23/h3-4,8-11,17H,2,5-7,12-16H2,1H3. The fourth-order valence-corrected chi connectivity index (χ4v) is 4.76. The molecule has 0 bridgehead atoms. The summed E-state index contributed by atoms with van der Waals surface area (Å²) in [7, 11) is 0. The molecule has 29 heavy (non-hydrogen) atoms. The van der Waals surface area contributed by atoms with E-state index in [1.165, 1.54) is 19.3 Å². The molecule has 0 spiro atoms. The first kappa shape index (κ1) is 20.1. The van der Waals surface area contributed by atoms with Crippen molar-refractivity contribution in [2.75, 3.05) is 42.5 Å². The van der Waals surface area contributed by atoms with Gasteiger partial charge in [0.1, 0.15) is 0 Å². The molecule has 0 saturated carbocycles. The molecule has 2 aromatic rings. The van der Waals surface area contributed by atoms with E-state index in [-0.39, 0.29) is 5.91 Å². The van der Waals surface area contributed by atoms with Gasteiger partial charge < -0.3 is 14.7 Å². The number of halogens is 1. The Balaban J connectivity index is 1.37. The average molecular weight is 458 g/mol. The summed E-state index contributed by atoms with van der Waals surface area (Å²) in [5.74, 6) is 1.96. The highest BCUT2D eigenvalue weighted by molar-refractivity contribution is 9.10. The zero-order valence-electron chi connectivity index (χ0n) is 16.9. The van der Waals surface area contributed by atoms with Crippen molar-refractivity contribution in [1.29, 1.82) is 0 Å². The van der Waals surface area contributed by atoms with E-state index < -0.39 is 0 Å². The minimum Gasteiger partial charge on any atom is -0.352 e. The minimum atomic E-state index is 0.0780. The first-order valence-electron chi connectivity index (χ1n) is 10.6. The summed E-state index contributed by atoms with van der Waals surface area (Å²) in [6.07, 6.45) is 4.93. The van der Waals surface area contributed by atoms with Crippen molar-refractivity contribution in [3.63, 3.8) is 0 Å². The molecule has 7 heteroatoms. The summed E-state index contributed by atoms with van der Waals surface area (Å²) in [6.45, 7) is 6.24. The van der Waals surface area contributed by atoms with Crippen molar-refractivity contribution in [2.24, 2.45) is 0 Å². The molecular formula is C22H28BrN5O. The molecule has 2 aliphatic rings. The van der Waals surface area contributed by atoms with Gasteiger partial charge in [-0.25, -0.2) is 0 Å². The maximum absolute atomic E-state index is 12.8. The van der Waals surface area contributed by atoms with Gasteiger partial charge in [-0.2, -0.15) is 0 Å². The minimum absolute atomic E-state index is 0.0780. The van der Waals surface area contributed by atoms with E-state index in [2.05, 4.69) is 55.0 Å². The van der Waals surface area contributed by atoms with Gasteiger partial charge in [0.25, 0.3) is 5.91 Å². The summed E-state index contributed by atoms with van der Waals surface area (Å²) in [5.41, 5.74) is 0.720. The molecule has 0 aliphatic carbocycles. The van der Waals surface area contributed by atoms with Crippen molar-refractivity contribution in [3.8, 4) is 0 Å². The van der Waals surface area contributed by atoms with Gasteiger partial charge in [-0.15, -0.1) is 10.2 Å². The lowest BCUT2D eigenvalue weighted by molar-refractivity contribution is 0.0745. The molecule has 0 N–H and O–H groups in total. The van der Waals surface area contributed by atoms with E-state index in [0.29, 0.717) is 19.1 Å². The second kappa shape index (κ2) is 9.11. The van der Waals surface area contributed by atoms with Crippen LogP contribution >= 0.6 is 15.9 Å². The largest absolute Gasteiger partial charge is 0.352 e. The smallest absolute Gasteiger partial charge is 0.255 e. The first-order valence-corrected chi connectivity index (χ1v) is 11.4. The Hall–Kier alpha value is -2.15. The first-order chi connectivity index (χ1) is 14.2. The number of aromatic nitrogens is 2. The number of carbonyl (C=O) groups is 1. The van der Waals surface area contributed by atoms with Crippen LogP contribution in [0.4, 0.5) is 11.6 Å². The third kappa shape index (κ3) is 4.39. The van der Waals surface area contributed by atoms with Crippen molar-refractivity contribution in [3.05, 3.63) is 46.4 Å². The van der Waals surface area contributed by atoms with Crippen LogP contribution in [-0.2, 0) is 0 Å². The lowest BCUT2D eigenvalue weighted by Crippen LogP contribution is -2.49. The molecule has 6 nitrogen and oxygen atoms in total. The highest BCUT2D eigenvalue weighted by Crippen LogP contribution is 2.26. The summed E-state index contributed by atoms with van der Waals surface area (Å²) < 4.78 is 0.844. The molecule has 3 heterocycles. The van der Waals surface area contributed by atoms with Gasteiger partial charge in [0, 0.05) is 43.2 Å². The fourth-order valence-electron chi connectivity index (χ4n) is 4.31. The average Bonchev–Trinajstić information content (AvgIpc) is 2.79. The molecule has 1 atom stereocenters. The van der Waals surface area contributed by atoms with Gasteiger partial charge in [-0.1, -0.05) is 19.1 Å². The van der Waals surface area contributed by atoms with Crippen molar-refractivity contribution < 1.29 is 4.79 Å². The highest BCUT2D eigenvalue weighted by atomic mass is 79.9. The molecule has 154 valence electrons. The van der Waals surface area contributed by atoms with Crippen LogP contribution in [0.25, 0.3) is 0 Å². The van der Waals surface area contributed by atoms with Crippen LogP contribution in [0.3, 0.4) is 0 Å². The van der Waals surface area contributed by atoms with Crippen LogP contribution in [0.15, 0.2) is 40.9 Å². The Morgan fingerprint density at radius 1 is 1.00 bits per heavy atom. The van der Waals surface area contributed by atoms with E-state index in [1.807, 2.05) is 29.2 Å². The molecule has 2 aliphatic heterocycles. The van der Waals surface area contributed by atoms with Gasteiger partial charge >= 0.3 is 0 Å². The molecule has 1 amide bonds. The van der Waals surface area contributed by atoms with Crippen LogP contribution in [0.2, 0.25) is 0 Å². The maximum atomic E-state index is 12.8. The predicted octanol–water partition coefficient (Wildman–Crippen LogP) is 3.97. The molecule has 2 saturated heterocycles. The number of rotatable bonds is 4. The molecule has 1 aromatic carbocycles. The Bertz CT molecular complexity index is 835. The van der Waals surface area contributed by atoms with E-state index in [9.17, 15) is 4.79 Å². The lowest BCUT2D eigenvalue weighted by atomic mass is 10.0. The van der Waals surface area contributed by atoms with Crippen LogP contribution in [0, 0.1) is 0 Å². The number of nitrogens with zero attached hydrogens (tertiary/aromatic N) is 5. The van der Waals surface area contributed by atoms with E-state index >= 15 is 0 Å². The summed E-state index contributed by atoms with van der Waals surface area (Å²) in [4.78, 5) is 19.3. The highest BCUT2D eigenvalue weighted by Gasteiger charge is 2.25. The molecule has 1 unspecified atom stereocenters.